The van der Waals surface area contributed by atoms with Gasteiger partial charge in [-0.3, -0.25) is 0 Å². The van der Waals surface area contributed by atoms with Crippen LogP contribution in [0.4, 0.5) is 14.5 Å². The van der Waals surface area contributed by atoms with E-state index in [4.69, 9.17) is 5.11 Å². The molecule has 5 heteroatoms. The molecular formula is C12H13F2NO2. The van der Waals surface area contributed by atoms with E-state index in [-0.39, 0.29) is 5.69 Å². The van der Waals surface area contributed by atoms with E-state index in [0.717, 1.165) is 18.9 Å². The number of nitrogens with one attached hydrogen (secondary N) is 1. The molecule has 0 aliphatic heterocycles. The summed E-state index contributed by atoms with van der Waals surface area (Å²) < 4.78 is 26.5. The molecule has 0 unspecified atom stereocenters. The molecule has 1 aliphatic rings. The van der Waals surface area contributed by atoms with Crippen molar-refractivity contribution < 1.29 is 18.7 Å². The summed E-state index contributed by atoms with van der Waals surface area (Å²) in [5.74, 6) is -2.70. The second kappa shape index (κ2) is 4.69. The Hall–Kier alpha value is -1.65. The zero-order valence-corrected chi connectivity index (χ0v) is 9.17. The molecule has 2 rings (SSSR count). The number of aromatic carboxylic acids is 1. The molecule has 0 radical (unpaired) electrons. The lowest BCUT2D eigenvalue weighted by Gasteiger charge is -2.26. The maximum atomic E-state index is 13.4. The molecule has 0 spiro atoms. The molecule has 1 aromatic rings. The van der Waals surface area contributed by atoms with Crippen molar-refractivity contribution >= 4 is 11.7 Å². The van der Waals surface area contributed by atoms with Gasteiger partial charge in [-0.25, -0.2) is 13.6 Å². The van der Waals surface area contributed by atoms with E-state index in [9.17, 15) is 13.6 Å². The van der Waals surface area contributed by atoms with Crippen LogP contribution in [0.2, 0.25) is 0 Å². The van der Waals surface area contributed by atoms with Gasteiger partial charge in [-0.15, -0.1) is 0 Å². The number of carboxylic acid groups (broad SMARTS) is 1. The Morgan fingerprint density at radius 3 is 2.59 bits per heavy atom. The van der Waals surface area contributed by atoms with Gasteiger partial charge in [0.2, 0.25) is 0 Å². The molecule has 1 aliphatic carbocycles. The molecule has 1 fully saturated rings. The zero-order valence-electron chi connectivity index (χ0n) is 9.17. The molecule has 1 aromatic carbocycles. The lowest BCUT2D eigenvalue weighted by atomic mass is 9.85. The van der Waals surface area contributed by atoms with Crippen molar-refractivity contribution in [3.8, 4) is 0 Å². The maximum Gasteiger partial charge on any atom is 0.338 e. The molecule has 0 saturated heterocycles. The predicted octanol–water partition coefficient (Wildman–Crippen LogP) is 2.88. The normalized spacial score (nSPS) is 15.4. The first-order chi connectivity index (χ1) is 8.08. The molecule has 2 N–H and O–H groups in total. The standard InChI is InChI=1S/C12H13F2NO2/c13-9-5-10(14)11(4-8(9)12(16)17)15-6-7-2-1-3-7/h4-5,7,15H,1-3,6H2,(H,16,17). The minimum atomic E-state index is -1.39. The van der Waals surface area contributed by atoms with E-state index >= 15 is 0 Å². The summed E-state index contributed by atoms with van der Waals surface area (Å²) >= 11 is 0. The topological polar surface area (TPSA) is 49.3 Å². The minimum absolute atomic E-state index is 0.0516. The molecular weight excluding hydrogens is 228 g/mol. The van der Waals surface area contributed by atoms with Crippen LogP contribution in [0.3, 0.4) is 0 Å². The van der Waals surface area contributed by atoms with Crippen LogP contribution in [0.15, 0.2) is 12.1 Å². The van der Waals surface area contributed by atoms with Gasteiger partial charge in [0.05, 0.1) is 11.3 Å². The Morgan fingerprint density at radius 1 is 1.35 bits per heavy atom. The fourth-order valence-corrected chi connectivity index (χ4v) is 1.80. The molecule has 0 atom stereocenters. The number of carboxylic acids is 1. The first-order valence-electron chi connectivity index (χ1n) is 5.54. The van der Waals surface area contributed by atoms with Gasteiger partial charge in [0.25, 0.3) is 0 Å². The third kappa shape index (κ3) is 2.54. The Labute approximate surface area is 97.5 Å². The van der Waals surface area contributed by atoms with Crippen molar-refractivity contribution in [2.24, 2.45) is 5.92 Å². The Bertz CT molecular complexity index is 444. The highest BCUT2D eigenvalue weighted by Crippen LogP contribution is 2.27. The third-order valence-corrected chi connectivity index (χ3v) is 3.09. The fourth-order valence-electron chi connectivity index (χ4n) is 1.80. The second-order valence-corrected chi connectivity index (χ2v) is 4.29. The van der Waals surface area contributed by atoms with Gasteiger partial charge in [-0.1, -0.05) is 6.42 Å². The van der Waals surface area contributed by atoms with Gasteiger partial charge in [0, 0.05) is 12.6 Å². The van der Waals surface area contributed by atoms with E-state index in [1.165, 1.54) is 6.42 Å². The van der Waals surface area contributed by atoms with Crippen LogP contribution in [0.1, 0.15) is 29.6 Å². The maximum absolute atomic E-state index is 13.4. The molecule has 92 valence electrons. The SMILES string of the molecule is O=C(O)c1cc(NCC2CCC2)c(F)cc1F. The summed E-state index contributed by atoms with van der Waals surface area (Å²) in [6.07, 6.45) is 3.38. The highest BCUT2D eigenvalue weighted by molar-refractivity contribution is 5.89. The van der Waals surface area contributed by atoms with E-state index in [0.29, 0.717) is 18.5 Å². The number of anilines is 1. The highest BCUT2D eigenvalue weighted by atomic mass is 19.1. The van der Waals surface area contributed by atoms with Crippen LogP contribution in [0.25, 0.3) is 0 Å². The van der Waals surface area contributed by atoms with E-state index in [1.54, 1.807) is 0 Å². The summed E-state index contributed by atoms with van der Waals surface area (Å²) in [6.45, 7) is 0.599. The molecule has 0 aromatic heterocycles. The van der Waals surface area contributed by atoms with Crippen LogP contribution in [-0.4, -0.2) is 17.6 Å². The summed E-state index contributed by atoms with van der Waals surface area (Å²) in [5.41, 5.74) is -0.460. The quantitative estimate of drug-likeness (QED) is 0.852. The zero-order chi connectivity index (χ0) is 12.4. The highest BCUT2D eigenvalue weighted by Gasteiger charge is 2.19. The third-order valence-electron chi connectivity index (χ3n) is 3.09. The van der Waals surface area contributed by atoms with Crippen molar-refractivity contribution in [3.63, 3.8) is 0 Å². The fraction of sp³-hybridized carbons (Fsp3) is 0.417. The number of halogens is 2. The van der Waals surface area contributed by atoms with Crippen LogP contribution in [-0.2, 0) is 0 Å². The average Bonchev–Trinajstić information content (AvgIpc) is 2.18. The van der Waals surface area contributed by atoms with E-state index < -0.39 is 23.2 Å². The van der Waals surface area contributed by atoms with E-state index in [1.807, 2.05) is 0 Å². The van der Waals surface area contributed by atoms with Crippen molar-refractivity contribution in [1.82, 2.24) is 0 Å². The summed E-state index contributed by atoms with van der Waals surface area (Å²) in [6, 6.07) is 1.61. The molecule has 1 saturated carbocycles. The Kier molecular flexibility index (Phi) is 3.26. The molecule has 0 bridgehead atoms. The van der Waals surface area contributed by atoms with Crippen LogP contribution < -0.4 is 5.32 Å². The van der Waals surface area contributed by atoms with Crippen LogP contribution in [0, 0.1) is 17.6 Å². The minimum Gasteiger partial charge on any atom is -0.478 e. The Morgan fingerprint density at radius 2 is 2.06 bits per heavy atom. The average molecular weight is 241 g/mol. The van der Waals surface area contributed by atoms with Gasteiger partial charge in [-0.05, 0) is 24.8 Å². The summed E-state index contributed by atoms with van der Waals surface area (Å²) in [4.78, 5) is 10.7. The number of benzene rings is 1. The van der Waals surface area contributed by atoms with Crippen molar-refractivity contribution in [2.45, 2.75) is 19.3 Å². The monoisotopic (exact) mass is 241 g/mol. The van der Waals surface area contributed by atoms with Crippen molar-refractivity contribution in [3.05, 3.63) is 29.3 Å². The summed E-state index contributed by atoms with van der Waals surface area (Å²) in [5, 5.41) is 11.6. The molecule has 17 heavy (non-hydrogen) atoms. The number of carbonyl (C=O) groups is 1. The van der Waals surface area contributed by atoms with Crippen molar-refractivity contribution in [2.75, 3.05) is 11.9 Å². The first-order valence-corrected chi connectivity index (χ1v) is 5.54. The largest absolute Gasteiger partial charge is 0.478 e. The molecule has 3 nitrogen and oxygen atoms in total. The van der Waals surface area contributed by atoms with Crippen LogP contribution in [0.5, 0.6) is 0 Å². The smallest absolute Gasteiger partial charge is 0.338 e. The van der Waals surface area contributed by atoms with Gasteiger partial charge in [0.15, 0.2) is 0 Å². The van der Waals surface area contributed by atoms with Crippen LogP contribution >= 0.6 is 0 Å². The van der Waals surface area contributed by atoms with Gasteiger partial charge in [0.1, 0.15) is 11.6 Å². The van der Waals surface area contributed by atoms with E-state index in [2.05, 4.69) is 5.32 Å². The lowest BCUT2D eigenvalue weighted by Crippen LogP contribution is -2.21. The van der Waals surface area contributed by atoms with Crippen molar-refractivity contribution in [1.29, 1.82) is 0 Å². The number of rotatable bonds is 4. The Balaban J connectivity index is 2.14. The van der Waals surface area contributed by atoms with Gasteiger partial charge < -0.3 is 10.4 Å². The number of hydrogen-bond acceptors (Lipinski definition) is 2. The van der Waals surface area contributed by atoms with Gasteiger partial charge in [-0.2, -0.15) is 0 Å². The molecule has 0 amide bonds. The predicted molar refractivity (Wildman–Crippen MR) is 59.1 cm³/mol. The summed E-state index contributed by atoms with van der Waals surface area (Å²) in [7, 11) is 0. The molecule has 0 heterocycles. The first kappa shape index (κ1) is 11.8. The second-order valence-electron chi connectivity index (χ2n) is 4.29. The number of hydrogen-bond donors (Lipinski definition) is 2. The van der Waals surface area contributed by atoms with Gasteiger partial charge >= 0.3 is 5.97 Å². The lowest BCUT2D eigenvalue weighted by molar-refractivity contribution is 0.0692.